The Morgan fingerprint density at radius 3 is 2.35 bits per heavy atom. The van der Waals surface area contributed by atoms with Crippen LogP contribution in [0.2, 0.25) is 5.02 Å². The van der Waals surface area contributed by atoms with Gasteiger partial charge in [0.05, 0.1) is 19.8 Å². The van der Waals surface area contributed by atoms with Crippen molar-refractivity contribution in [3.8, 4) is 5.75 Å². The largest absolute Gasteiger partial charge is 0.481 e. The molecule has 4 aromatic rings. The van der Waals surface area contributed by atoms with Crippen LogP contribution in [0, 0.1) is 0 Å². The van der Waals surface area contributed by atoms with Crippen LogP contribution in [0.3, 0.4) is 0 Å². The fourth-order valence-corrected chi connectivity index (χ4v) is 5.09. The van der Waals surface area contributed by atoms with Crippen LogP contribution in [0.25, 0.3) is 10.8 Å². The van der Waals surface area contributed by atoms with Gasteiger partial charge in [0.1, 0.15) is 11.9 Å². The van der Waals surface area contributed by atoms with E-state index in [2.05, 4.69) is 10.8 Å². The average molecular weight is 537 g/mol. The topological polar surface area (TPSA) is 65.0 Å². The normalized spacial score (nSPS) is 12.7. The number of rotatable bonds is 12. The third kappa shape index (κ3) is 7.49. The van der Waals surface area contributed by atoms with Crippen molar-refractivity contribution in [3.05, 3.63) is 113 Å². The van der Waals surface area contributed by atoms with Gasteiger partial charge in [0.15, 0.2) is 6.61 Å². The van der Waals surface area contributed by atoms with E-state index in [9.17, 15) is 9.90 Å². The van der Waals surface area contributed by atoms with E-state index in [1.807, 2.05) is 84.9 Å². The lowest BCUT2D eigenvalue weighted by Crippen LogP contribution is -2.20. The van der Waals surface area contributed by atoms with E-state index in [4.69, 9.17) is 21.1 Å². The van der Waals surface area contributed by atoms with Crippen molar-refractivity contribution in [1.82, 2.24) is 0 Å². The summed E-state index contributed by atoms with van der Waals surface area (Å²) in [6.45, 7) is 0.0665. The van der Waals surface area contributed by atoms with E-state index in [1.54, 1.807) is 11.8 Å². The smallest absolute Gasteiger partial charge is 0.343 e. The lowest BCUT2D eigenvalue weighted by molar-refractivity contribution is -0.142. The predicted octanol–water partition coefficient (Wildman–Crippen LogP) is 6.45. The highest BCUT2D eigenvalue weighted by atomic mass is 35.5. The Morgan fingerprint density at radius 2 is 1.59 bits per heavy atom. The first-order chi connectivity index (χ1) is 18.0. The summed E-state index contributed by atoms with van der Waals surface area (Å²) in [6, 6.07) is 29.3. The Kier molecular flexibility index (Phi) is 9.85. The number of hydrogen-bond acceptors (Lipinski definition) is 6. The molecule has 2 unspecified atom stereocenters. The molecule has 0 aliphatic rings. The number of halogens is 1. The van der Waals surface area contributed by atoms with Crippen LogP contribution < -0.4 is 4.74 Å². The van der Waals surface area contributed by atoms with Gasteiger partial charge < -0.3 is 19.3 Å². The van der Waals surface area contributed by atoms with Gasteiger partial charge in [-0.25, -0.2) is 4.79 Å². The molecule has 37 heavy (non-hydrogen) atoms. The summed E-state index contributed by atoms with van der Waals surface area (Å²) in [5.41, 5.74) is 3.13. The molecule has 0 aromatic heterocycles. The number of carbonyl (C=O) groups excluding carboxylic acids is 1. The summed E-state index contributed by atoms with van der Waals surface area (Å²) in [5.74, 6) is 1.45. The number of thioether (sulfide) groups is 1. The molecular formula is C30H29ClO5S. The highest BCUT2D eigenvalue weighted by Gasteiger charge is 2.17. The second-order valence-electron chi connectivity index (χ2n) is 8.48. The van der Waals surface area contributed by atoms with Gasteiger partial charge in [-0.1, -0.05) is 84.4 Å². The molecular weight excluding hydrogens is 508 g/mol. The number of hydrogen-bond donors (Lipinski definition) is 1. The van der Waals surface area contributed by atoms with Crippen LogP contribution in [0.5, 0.6) is 5.75 Å². The number of aliphatic hydroxyl groups is 1. The lowest BCUT2D eigenvalue weighted by Gasteiger charge is -2.21. The molecule has 0 amide bonds. The molecule has 4 rings (SSSR count). The minimum Gasteiger partial charge on any atom is -0.481 e. The molecule has 0 saturated heterocycles. The second kappa shape index (κ2) is 13.5. The zero-order valence-electron chi connectivity index (χ0n) is 20.5. The minimum atomic E-state index is -0.627. The number of fused-ring (bicyclic) bond motifs is 1. The van der Waals surface area contributed by atoms with E-state index in [1.165, 1.54) is 7.11 Å². The van der Waals surface area contributed by atoms with Crippen LogP contribution in [-0.4, -0.2) is 43.3 Å². The summed E-state index contributed by atoms with van der Waals surface area (Å²) in [5, 5.41) is 13.3. The maximum absolute atomic E-state index is 11.5. The van der Waals surface area contributed by atoms with Crippen LogP contribution >= 0.6 is 23.4 Å². The van der Waals surface area contributed by atoms with Crippen molar-refractivity contribution in [3.63, 3.8) is 0 Å². The van der Waals surface area contributed by atoms with Gasteiger partial charge in [-0.3, -0.25) is 0 Å². The van der Waals surface area contributed by atoms with Gasteiger partial charge in [-0.05, 0) is 40.3 Å². The lowest BCUT2D eigenvalue weighted by atomic mass is 10.0. The number of esters is 1. The molecule has 0 aliphatic carbocycles. The highest BCUT2D eigenvalue weighted by molar-refractivity contribution is 7.98. The first-order valence-electron chi connectivity index (χ1n) is 11.9. The second-order valence-corrected chi connectivity index (χ2v) is 9.94. The van der Waals surface area contributed by atoms with Gasteiger partial charge in [-0.15, -0.1) is 0 Å². The molecule has 0 heterocycles. The van der Waals surface area contributed by atoms with Gasteiger partial charge in [0, 0.05) is 21.9 Å². The predicted molar refractivity (Wildman–Crippen MR) is 149 cm³/mol. The third-order valence-electron chi connectivity index (χ3n) is 5.84. The third-order valence-corrected chi connectivity index (χ3v) is 7.23. The number of aliphatic hydroxyl groups excluding tert-OH is 1. The van der Waals surface area contributed by atoms with Crippen LogP contribution in [0.1, 0.15) is 22.8 Å². The van der Waals surface area contributed by atoms with Crippen molar-refractivity contribution < 1.29 is 24.1 Å². The van der Waals surface area contributed by atoms with E-state index in [-0.39, 0.29) is 19.3 Å². The fourth-order valence-electron chi connectivity index (χ4n) is 4.00. The number of carbonyl (C=O) groups is 1. The van der Waals surface area contributed by atoms with Gasteiger partial charge in [0.25, 0.3) is 0 Å². The van der Waals surface area contributed by atoms with Crippen LogP contribution in [0.4, 0.5) is 0 Å². The highest BCUT2D eigenvalue weighted by Crippen LogP contribution is 2.31. The molecule has 0 bridgehead atoms. The van der Waals surface area contributed by atoms with Gasteiger partial charge in [0.2, 0.25) is 0 Å². The molecule has 0 fully saturated rings. The quantitative estimate of drug-likeness (QED) is 0.210. The molecule has 0 aliphatic heterocycles. The zero-order chi connectivity index (χ0) is 26.0. The van der Waals surface area contributed by atoms with E-state index >= 15 is 0 Å². The molecule has 0 saturated carbocycles. The van der Waals surface area contributed by atoms with Crippen molar-refractivity contribution in [1.29, 1.82) is 0 Å². The molecule has 1 N–H and O–H groups in total. The van der Waals surface area contributed by atoms with E-state index in [0.717, 1.165) is 27.5 Å². The monoisotopic (exact) mass is 536 g/mol. The zero-order valence-corrected chi connectivity index (χ0v) is 22.1. The summed E-state index contributed by atoms with van der Waals surface area (Å²) >= 11 is 7.71. The summed E-state index contributed by atoms with van der Waals surface area (Å²) < 4.78 is 16.5. The molecule has 4 aromatic carbocycles. The van der Waals surface area contributed by atoms with Crippen molar-refractivity contribution in [2.24, 2.45) is 0 Å². The van der Waals surface area contributed by atoms with Crippen molar-refractivity contribution >= 4 is 40.1 Å². The Morgan fingerprint density at radius 1 is 0.892 bits per heavy atom. The minimum absolute atomic E-state index is 0.138. The SMILES string of the molecule is COC(=O)COc1cccc2c(CSCC(O)COC(c3ccccc3)c3ccc(Cl)cc3)cccc12. The molecule has 0 spiro atoms. The molecule has 2 atom stereocenters. The number of benzene rings is 4. The first-order valence-corrected chi connectivity index (χ1v) is 13.5. The standard InChI is InChI=1S/C30H29ClO5S/c1-34-29(33)18-35-28-12-6-10-26-23(9-5-11-27(26)28)19-37-20-25(32)17-36-30(21-7-3-2-4-8-21)22-13-15-24(31)16-14-22/h2-16,25,30,32H,17-20H2,1H3. The average Bonchev–Trinajstić information content (AvgIpc) is 2.93. The van der Waals surface area contributed by atoms with Crippen molar-refractivity contribution in [2.45, 2.75) is 18.0 Å². The first kappa shape index (κ1) is 27.0. The van der Waals surface area contributed by atoms with E-state index in [0.29, 0.717) is 22.3 Å². The Labute approximate surface area is 226 Å². The molecule has 192 valence electrons. The van der Waals surface area contributed by atoms with Crippen molar-refractivity contribution in [2.75, 3.05) is 26.1 Å². The Bertz CT molecular complexity index is 1300. The van der Waals surface area contributed by atoms with Gasteiger partial charge in [-0.2, -0.15) is 11.8 Å². The molecule has 5 nitrogen and oxygen atoms in total. The van der Waals surface area contributed by atoms with E-state index < -0.39 is 12.1 Å². The Hall–Kier alpha value is -3.03. The summed E-state index contributed by atoms with van der Waals surface area (Å²) in [6.07, 6.45) is -0.919. The molecule has 7 heteroatoms. The Balaban J connectivity index is 1.36. The van der Waals surface area contributed by atoms with Crippen LogP contribution in [0.15, 0.2) is 91.0 Å². The maximum atomic E-state index is 11.5. The summed E-state index contributed by atoms with van der Waals surface area (Å²) in [4.78, 5) is 11.5. The van der Waals surface area contributed by atoms with Crippen LogP contribution in [-0.2, 0) is 20.0 Å². The number of ether oxygens (including phenoxy) is 3. The molecule has 0 radical (unpaired) electrons. The summed E-state index contributed by atoms with van der Waals surface area (Å²) in [7, 11) is 1.34. The number of methoxy groups -OCH3 is 1. The maximum Gasteiger partial charge on any atom is 0.343 e. The van der Waals surface area contributed by atoms with Gasteiger partial charge >= 0.3 is 5.97 Å². The fraction of sp³-hybridized carbons (Fsp3) is 0.233.